The van der Waals surface area contributed by atoms with E-state index in [9.17, 15) is 4.79 Å². The van der Waals surface area contributed by atoms with Crippen molar-refractivity contribution in [3.63, 3.8) is 0 Å². The summed E-state index contributed by atoms with van der Waals surface area (Å²) >= 11 is 0. The lowest BCUT2D eigenvalue weighted by molar-refractivity contribution is 0.222. The summed E-state index contributed by atoms with van der Waals surface area (Å²) in [5.74, 6) is 0.778. The molecular weight excluding hydrogens is 376 g/mol. The molecule has 0 amide bonds. The topological polar surface area (TPSA) is 79.7 Å². The fourth-order valence-electron chi connectivity index (χ4n) is 4.95. The first-order chi connectivity index (χ1) is 14.5. The minimum atomic E-state index is -0.272. The average molecular weight is 409 g/mol. The summed E-state index contributed by atoms with van der Waals surface area (Å²) in [6.45, 7) is 10.0. The summed E-state index contributed by atoms with van der Waals surface area (Å²) in [5.41, 5.74) is 3.83. The Hall–Kier alpha value is -2.54. The second-order valence-corrected chi connectivity index (χ2v) is 8.49. The van der Waals surface area contributed by atoms with Crippen LogP contribution in [0.3, 0.4) is 0 Å². The number of aromatic amines is 1. The molecule has 1 fully saturated rings. The van der Waals surface area contributed by atoms with Crippen LogP contribution in [0.2, 0.25) is 0 Å². The largest absolute Gasteiger partial charge is 0.322 e. The van der Waals surface area contributed by atoms with E-state index in [1.54, 1.807) is 0 Å². The van der Waals surface area contributed by atoms with Crippen molar-refractivity contribution in [1.82, 2.24) is 30.1 Å². The Morgan fingerprint density at radius 1 is 1.13 bits per heavy atom. The fourth-order valence-corrected chi connectivity index (χ4v) is 4.95. The van der Waals surface area contributed by atoms with Crippen LogP contribution in [0.1, 0.15) is 80.6 Å². The molecule has 0 radical (unpaired) electrons. The standard InChI is InChI=1S/C23H32N6O/c1-5-28(6-2)21(22-25-26-27-29(22)17-10-8-7-9-11-17)19-14-18-16(4)12-15(3)13-20(18)24-23(19)30/h12-14,17,21H,5-11H2,1-4H3,(H,24,30)/t21-/m0/s1. The van der Waals surface area contributed by atoms with Gasteiger partial charge in [-0.1, -0.05) is 39.2 Å². The van der Waals surface area contributed by atoms with Crippen LogP contribution in [0.25, 0.3) is 10.9 Å². The van der Waals surface area contributed by atoms with Crippen LogP contribution in [0.4, 0.5) is 0 Å². The molecule has 0 saturated heterocycles. The van der Waals surface area contributed by atoms with Gasteiger partial charge in [-0.15, -0.1) is 5.10 Å². The molecule has 0 spiro atoms. The highest BCUT2D eigenvalue weighted by Gasteiger charge is 2.31. The zero-order valence-electron chi connectivity index (χ0n) is 18.5. The van der Waals surface area contributed by atoms with Crippen molar-refractivity contribution in [2.75, 3.05) is 13.1 Å². The van der Waals surface area contributed by atoms with Crippen molar-refractivity contribution in [3.8, 4) is 0 Å². The maximum absolute atomic E-state index is 13.3. The van der Waals surface area contributed by atoms with Gasteiger partial charge >= 0.3 is 0 Å². The number of nitrogens with one attached hydrogen (secondary N) is 1. The Bertz CT molecular complexity index is 1070. The summed E-state index contributed by atoms with van der Waals surface area (Å²) in [6, 6.07) is 6.28. The van der Waals surface area contributed by atoms with Gasteiger partial charge in [-0.25, -0.2) is 4.68 Å². The lowest BCUT2D eigenvalue weighted by atomic mass is 9.95. The van der Waals surface area contributed by atoms with Crippen LogP contribution in [0.15, 0.2) is 23.0 Å². The van der Waals surface area contributed by atoms with Crippen LogP contribution in [-0.2, 0) is 0 Å². The molecule has 1 aromatic carbocycles. The fraction of sp³-hybridized carbons (Fsp3) is 0.565. The quantitative estimate of drug-likeness (QED) is 0.665. The average Bonchev–Trinajstić information content (AvgIpc) is 3.22. The summed E-state index contributed by atoms with van der Waals surface area (Å²) in [4.78, 5) is 18.6. The number of hydrogen-bond donors (Lipinski definition) is 1. The number of tetrazole rings is 1. The van der Waals surface area contributed by atoms with E-state index < -0.39 is 0 Å². The molecule has 4 rings (SSSR count). The number of nitrogens with zero attached hydrogens (tertiary/aromatic N) is 5. The van der Waals surface area contributed by atoms with Gasteiger partial charge in [0.05, 0.1) is 6.04 Å². The number of pyridine rings is 1. The molecule has 1 N–H and O–H groups in total. The highest BCUT2D eigenvalue weighted by Crippen LogP contribution is 2.33. The number of fused-ring (bicyclic) bond motifs is 1. The van der Waals surface area contributed by atoms with Gasteiger partial charge in [-0.2, -0.15) is 0 Å². The monoisotopic (exact) mass is 408 g/mol. The maximum Gasteiger partial charge on any atom is 0.253 e. The molecule has 30 heavy (non-hydrogen) atoms. The summed E-state index contributed by atoms with van der Waals surface area (Å²) in [6.07, 6.45) is 5.87. The predicted molar refractivity (Wildman–Crippen MR) is 119 cm³/mol. The maximum atomic E-state index is 13.3. The minimum Gasteiger partial charge on any atom is -0.322 e. The number of rotatable bonds is 6. The first kappa shape index (κ1) is 20.7. The van der Waals surface area contributed by atoms with Crippen LogP contribution in [0.5, 0.6) is 0 Å². The number of hydrogen-bond acceptors (Lipinski definition) is 5. The van der Waals surface area contributed by atoms with Crippen molar-refractivity contribution >= 4 is 10.9 Å². The molecule has 0 aliphatic heterocycles. The normalized spacial score (nSPS) is 16.4. The molecule has 0 unspecified atom stereocenters. The van der Waals surface area contributed by atoms with Crippen molar-refractivity contribution in [2.45, 2.75) is 71.9 Å². The van der Waals surface area contributed by atoms with Gasteiger partial charge in [0.25, 0.3) is 5.56 Å². The van der Waals surface area contributed by atoms with Gasteiger partial charge < -0.3 is 4.98 Å². The summed E-state index contributed by atoms with van der Waals surface area (Å²) in [5, 5.41) is 13.9. The van der Waals surface area contributed by atoms with E-state index >= 15 is 0 Å². The van der Waals surface area contributed by atoms with E-state index in [0.717, 1.165) is 53.8 Å². The van der Waals surface area contributed by atoms with Gasteiger partial charge in [0.2, 0.25) is 0 Å². The molecule has 7 heteroatoms. The molecule has 1 saturated carbocycles. The van der Waals surface area contributed by atoms with Crippen LogP contribution < -0.4 is 5.56 Å². The lowest BCUT2D eigenvalue weighted by Gasteiger charge is -2.31. The van der Waals surface area contributed by atoms with Gasteiger partial charge in [0, 0.05) is 16.5 Å². The smallest absolute Gasteiger partial charge is 0.253 e. The molecule has 0 bridgehead atoms. The van der Waals surface area contributed by atoms with Gasteiger partial charge in [-0.3, -0.25) is 9.69 Å². The van der Waals surface area contributed by atoms with E-state index in [-0.39, 0.29) is 11.6 Å². The van der Waals surface area contributed by atoms with Gasteiger partial charge in [0.1, 0.15) is 6.04 Å². The third-order valence-corrected chi connectivity index (χ3v) is 6.50. The van der Waals surface area contributed by atoms with Crippen LogP contribution >= 0.6 is 0 Å². The van der Waals surface area contributed by atoms with E-state index in [0.29, 0.717) is 11.6 Å². The molecule has 160 valence electrons. The minimum absolute atomic E-state index is 0.0670. The number of aryl methyl sites for hydroxylation is 2. The second kappa shape index (κ2) is 8.68. The predicted octanol–water partition coefficient (Wildman–Crippen LogP) is 4.07. The van der Waals surface area contributed by atoms with Crippen LogP contribution in [0, 0.1) is 13.8 Å². The Morgan fingerprint density at radius 2 is 1.87 bits per heavy atom. The SMILES string of the molecule is CCN(CC)[C@@H](c1cc2c(C)cc(C)cc2[nH]c1=O)c1nnnn1C1CCCCC1. The molecular formula is C23H32N6O. The van der Waals surface area contributed by atoms with Crippen molar-refractivity contribution in [1.29, 1.82) is 0 Å². The van der Waals surface area contributed by atoms with E-state index in [1.807, 2.05) is 16.8 Å². The Labute approximate surface area is 177 Å². The van der Waals surface area contributed by atoms with E-state index in [2.05, 4.69) is 59.2 Å². The highest BCUT2D eigenvalue weighted by molar-refractivity contribution is 5.83. The number of benzene rings is 1. The van der Waals surface area contributed by atoms with Crippen LogP contribution in [-0.4, -0.2) is 43.2 Å². The Kier molecular flexibility index (Phi) is 5.99. The Morgan fingerprint density at radius 3 is 2.57 bits per heavy atom. The number of aromatic nitrogens is 5. The third kappa shape index (κ3) is 3.78. The summed E-state index contributed by atoms with van der Waals surface area (Å²) in [7, 11) is 0. The van der Waals surface area contributed by atoms with E-state index in [4.69, 9.17) is 0 Å². The van der Waals surface area contributed by atoms with E-state index in [1.165, 1.54) is 19.3 Å². The first-order valence-corrected chi connectivity index (χ1v) is 11.2. The molecule has 1 aliphatic rings. The van der Waals surface area contributed by atoms with Gasteiger partial charge in [-0.05, 0) is 73.5 Å². The molecule has 3 aromatic rings. The first-order valence-electron chi connectivity index (χ1n) is 11.2. The summed E-state index contributed by atoms with van der Waals surface area (Å²) < 4.78 is 1.99. The molecule has 2 heterocycles. The lowest BCUT2D eigenvalue weighted by Crippen LogP contribution is -2.35. The number of H-pyrrole nitrogens is 1. The molecule has 2 aromatic heterocycles. The molecule has 1 aliphatic carbocycles. The zero-order chi connectivity index (χ0) is 21.3. The van der Waals surface area contributed by atoms with Crippen molar-refractivity contribution in [3.05, 3.63) is 51.1 Å². The van der Waals surface area contributed by atoms with Gasteiger partial charge in [0.15, 0.2) is 5.82 Å². The third-order valence-electron chi connectivity index (χ3n) is 6.50. The van der Waals surface area contributed by atoms with Crippen molar-refractivity contribution < 1.29 is 0 Å². The Balaban J connectivity index is 1.88. The molecule has 1 atom stereocenters. The van der Waals surface area contributed by atoms with Crippen molar-refractivity contribution in [2.24, 2.45) is 0 Å². The second-order valence-electron chi connectivity index (χ2n) is 8.49. The highest BCUT2D eigenvalue weighted by atomic mass is 16.1. The molecule has 7 nitrogen and oxygen atoms in total. The zero-order valence-corrected chi connectivity index (χ0v) is 18.5.